The summed E-state index contributed by atoms with van der Waals surface area (Å²) < 4.78 is 53.1. The fraction of sp³-hybridized carbons (Fsp3) is 0.167. The first-order valence-corrected chi connectivity index (χ1v) is 11.5. The Morgan fingerprint density at radius 1 is 1.23 bits per heavy atom. The Morgan fingerprint density at radius 3 is 2.50 bits per heavy atom. The van der Waals surface area contributed by atoms with Gasteiger partial charge in [-0.3, -0.25) is 4.79 Å². The first-order chi connectivity index (χ1) is 14.1. The molecule has 0 saturated heterocycles. The highest BCUT2D eigenvalue weighted by atomic mass is 35.5. The molecule has 3 aromatic rings. The second-order valence-electron chi connectivity index (χ2n) is 6.23. The second kappa shape index (κ2) is 8.64. The van der Waals surface area contributed by atoms with Gasteiger partial charge in [0.25, 0.3) is 0 Å². The zero-order valence-electron chi connectivity index (χ0n) is 15.5. The Bertz CT molecular complexity index is 1240. The minimum absolute atomic E-state index is 0.0276. The van der Waals surface area contributed by atoms with Gasteiger partial charge >= 0.3 is 16.1 Å². The largest absolute Gasteiger partial charge is 0.480 e. The van der Waals surface area contributed by atoms with Crippen molar-refractivity contribution in [3.8, 4) is 5.75 Å². The highest BCUT2D eigenvalue weighted by Gasteiger charge is 2.29. The van der Waals surface area contributed by atoms with Crippen LogP contribution in [0.5, 0.6) is 5.75 Å². The number of fused-ring (bicyclic) bond motifs is 1. The van der Waals surface area contributed by atoms with Gasteiger partial charge in [-0.25, -0.2) is 4.21 Å². The molecule has 3 rings (SSSR count). The maximum Gasteiger partial charge on any atom is 0.341 e. The van der Waals surface area contributed by atoms with Crippen molar-refractivity contribution in [2.24, 2.45) is 0 Å². The smallest absolute Gasteiger partial charge is 0.341 e. The number of carbonyl (C=O) groups is 1. The molecule has 0 aliphatic rings. The predicted molar refractivity (Wildman–Crippen MR) is 113 cm³/mol. The first kappa shape index (κ1) is 22.1. The van der Waals surface area contributed by atoms with Crippen molar-refractivity contribution in [2.75, 3.05) is 11.2 Å². The fourth-order valence-electron chi connectivity index (χ4n) is 3.08. The van der Waals surface area contributed by atoms with Gasteiger partial charge in [-0.2, -0.15) is 8.42 Å². The van der Waals surface area contributed by atoms with Crippen molar-refractivity contribution < 1.29 is 31.3 Å². The van der Waals surface area contributed by atoms with Crippen molar-refractivity contribution in [3.05, 3.63) is 53.2 Å². The maximum absolute atomic E-state index is 13.2. The van der Waals surface area contributed by atoms with E-state index in [1.165, 1.54) is 41.8 Å². The van der Waals surface area contributed by atoms with Crippen LogP contribution in [0.3, 0.4) is 0 Å². The summed E-state index contributed by atoms with van der Waals surface area (Å²) in [6.07, 6.45) is 0. The average molecular weight is 473 g/mol. The van der Waals surface area contributed by atoms with Crippen LogP contribution in [0.2, 0.25) is 5.02 Å². The molecule has 3 N–H and O–H groups in total. The highest BCUT2D eigenvalue weighted by molar-refractivity contribution is 7.87. The third-order valence-electron chi connectivity index (χ3n) is 4.24. The van der Waals surface area contributed by atoms with E-state index in [1.807, 2.05) is 0 Å². The minimum atomic E-state index is -4.39. The summed E-state index contributed by atoms with van der Waals surface area (Å²) in [6, 6.07) is 10.4. The molecule has 0 saturated carbocycles. The van der Waals surface area contributed by atoms with Gasteiger partial charge in [0, 0.05) is 21.8 Å². The molecule has 0 radical (unpaired) electrons. The maximum atomic E-state index is 13.2. The van der Waals surface area contributed by atoms with Gasteiger partial charge < -0.3 is 23.7 Å². The monoisotopic (exact) mass is 472 g/mol. The van der Waals surface area contributed by atoms with Crippen LogP contribution in [-0.2, 0) is 32.5 Å². The summed E-state index contributed by atoms with van der Waals surface area (Å²) in [5.41, 5.74) is 0.725. The number of nitrogens with one attached hydrogen (secondary N) is 1. The fourth-order valence-corrected chi connectivity index (χ4v) is 4.87. The zero-order valence-corrected chi connectivity index (χ0v) is 17.9. The molecule has 0 spiro atoms. The van der Waals surface area contributed by atoms with Crippen LogP contribution >= 0.6 is 11.6 Å². The van der Waals surface area contributed by atoms with Gasteiger partial charge in [0.05, 0.1) is 5.52 Å². The lowest BCUT2D eigenvalue weighted by Crippen LogP contribution is -2.14. The molecule has 9 nitrogen and oxygen atoms in total. The molecule has 1 unspecified atom stereocenters. The molecule has 2 aromatic carbocycles. The van der Waals surface area contributed by atoms with E-state index < -0.39 is 33.7 Å². The molecule has 0 aliphatic carbocycles. The van der Waals surface area contributed by atoms with E-state index in [0.717, 1.165) is 0 Å². The predicted octanol–water partition coefficient (Wildman–Crippen LogP) is 3.05. The molecule has 0 fully saturated rings. The van der Waals surface area contributed by atoms with E-state index >= 15 is 0 Å². The summed E-state index contributed by atoms with van der Waals surface area (Å²) in [7, 11) is -4.39. The number of anilines is 1. The van der Waals surface area contributed by atoms with Gasteiger partial charge in [0.15, 0.2) is 11.1 Å². The van der Waals surface area contributed by atoms with Gasteiger partial charge in [0.2, 0.25) is 0 Å². The number of aliphatic carboxylic acids is 1. The van der Waals surface area contributed by atoms with Crippen LogP contribution in [0.4, 0.5) is 5.69 Å². The first-order valence-electron chi connectivity index (χ1n) is 8.45. The lowest BCUT2D eigenvalue weighted by molar-refractivity contribution is -0.137. The van der Waals surface area contributed by atoms with Crippen LogP contribution < -0.4 is 9.50 Å². The number of hydrogen-bond donors (Lipinski definition) is 3. The number of hydrogen-bond acceptors (Lipinski definition) is 6. The van der Waals surface area contributed by atoms with E-state index in [9.17, 15) is 22.5 Å². The van der Waals surface area contributed by atoms with Crippen LogP contribution in [0.1, 0.15) is 5.69 Å². The molecule has 1 atom stereocenters. The summed E-state index contributed by atoms with van der Waals surface area (Å²) >= 11 is 3.64. The minimum Gasteiger partial charge on any atom is -0.480 e. The Balaban J connectivity index is 2.22. The normalized spacial score (nSPS) is 12.6. The molecule has 160 valence electrons. The molecular formula is C18H17ClN2O7S2. The number of halogens is 1. The van der Waals surface area contributed by atoms with Crippen LogP contribution in [0, 0.1) is 6.92 Å². The van der Waals surface area contributed by atoms with Crippen molar-refractivity contribution in [2.45, 2.75) is 18.4 Å². The molecule has 0 amide bonds. The zero-order chi connectivity index (χ0) is 22.1. The van der Waals surface area contributed by atoms with Gasteiger partial charge in [-0.05, 0) is 43.3 Å². The van der Waals surface area contributed by atoms with E-state index in [-0.39, 0.29) is 33.3 Å². The molecule has 12 heteroatoms. The standard InChI is InChI=1S/C18H17ClN2O7S2/c1-11-18(30(26,27)28-13-7-5-12(19)6-8-13)17-14(20-10-29(24)25)3-2-4-15(17)21(11)9-16(22)23/h2-8,20H,9-10H2,1H3,(H,22,23)(H,24,25). The van der Waals surface area contributed by atoms with E-state index in [0.29, 0.717) is 10.5 Å². The van der Waals surface area contributed by atoms with Crippen LogP contribution in [-0.4, -0.2) is 38.7 Å². The summed E-state index contributed by atoms with van der Waals surface area (Å²) in [4.78, 5) is 11.1. The van der Waals surface area contributed by atoms with E-state index in [4.69, 9.17) is 20.3 Å². The molecule has 30 heavy (non-hydrogen) atoms. The highest BCUT2D eigenvalue weighted by Crippen LogP contribution is 2.36. The van der Waals surface area contributed by atoms with Gasteiger partial charge in [0.1, 0.15) is 23.1 Å². The molecule has 1 heterocycles. The Hall–Kier alpha value is -2.60. The van der Waals surface area contributed by atoms with Crippen molar-refractivity contribution in [3.63, 3.8) is 0 Å². The third-order valence-corrected chi connectivity index (χ3v) is 6.30. The Morgan fingerprint density at radius 2 is 1.90 bits per heavy atom. The topological polar surface area (TPSA) is 135 Å². The average Bonchev–Trinajstić information content (AvgIpc) is 2.94. The Labute approximate surface area is 179 Å². The number of aromatic nitrogens is 1. The van der Waals surface area contributed by atoms with Crippen LogP contribution in [0.25, 0.3) is 10.9 Å². The quantitative estimate of drug-likeness (QED) is 0.336. The third kappa shape index (κ3) is 4.59. The van der Waals surface area contributed by atoms with Crippen molar-refractivity contribution in [1.82, 2.24) is 4.57 Å². The van der Waals surface area contributed by atoms with Crippen molar-refractivity contribution >= 4 is 55.4 Å². The molecule has 0 bridgehead atoms. The number of benzene rings is 2. The number of carboxylic acids is 1. The van der Waals surface area contributed by atoms with Gasteiger partial charge in [-0.1, -0.05) is 17.7 Å². The van der Waals surface area contributed by atoms with Crippen LogP contribution in [0.15, 0.2) is 47.4 Å². The summed E-state index contributed by atoms with van der Waals surface area (Å²) in [5, 5.41) is 12.5. The van der Waals surface area contributed by atoms with E-state index in [1.54, 1.807) is 12.1 Å². The van der Waals surface area contributed by atoms with E-state index in [2.05, 4.69) is 5.32 Å². The number of nitrogens with zero attached hydrogens (tertiary/aromatic N) is 1. The molecule has 0 aliphatic heterocycles. The SMILES string of the molecule is Cc1c(S(=O)(=O)Oc2ccc(Cl)cc2)c2c(NCS(=O)O)cccc2n1CC(=O)O. The van der Waals surface area contributed by atoms with Crippen molar-refractivity contribution in [1.29, 1.82) is 0 Å². The second-order valence-corrected chi connectivity index (χ2v) is 9.08. The lowest BCUT2D eigenvalue weighted by atomic mass is 10.2. The molecule has 1 aromatic heterocycles. The lowest BCUT2D eigenvalue weighted by Gasteiger charge is -2.10. The Kier molecular flexibility index (Phi) is 6.36. The molecular weight excluding hydrogens is 456 g/mol. The summed E-state index contributed by atoms with van der Waals surface area (Å²) in [5.74, 6) is -1.48. The number of carboxylic acid groups (broad SMARTS) is 1. The summed E-state index contributed by atoms with van der Waals surface area (Å²) in [6.45, 7) is 0.989. The number of rotatable bonds is 8. The van der Waals surface area contributed by atoms with Gasteiger partial charge in [-0.15, -0.1) is 0 Å².